The summed E-state index contributed by atoms with van der Waals surface area (Å²) in [5, 5.41) is 12.8. The van der Waals surface area contributed by atoms with Gasteiger partial charge in [-0.15, -0.1) is 0 Å². The van der Waals surface area contributed by atoms with Crippen molar-refractivity contribution in [3.05, 3.63) is 59.7 Å². The normalized spacial score (nSPS) is 15.0. The average Bonchev–Trinajstić information content (AvgIpc) is 3.45. The smallest absolute Gasteiger partial charge is 0.222 e. The number of aliphatic hydroxyl groups excluding tert-OH is 1. The average molecular weight is 364 g/mol. The number of hydrogen-bond donors (Lipinski definition) is 2. The molecule has 0 aliphatic heterocycles. The third kappa shape index (κ3) is 3.85. The van der Waals surface area contributed by atoms with Gasteiger partial charge in [-0.2, -0.15) is 0 Å². The van der Waals surface area contributed by atoms with Gasteiger partial charge in [0.1, 0.15) is 12.4 Å². The summed E-state index contributed by atoms with van der Waals surface area (Å²) in [4.78, 5) is 21.5. The highest BCUT2D eigenvalue weighted by Crippen LogP contribution is 2.40. The predicted molar refractivity (Wildman–Crippen MR) is 103 cm³/mol. The van der Waals surface area contributed by atoms with Gasteiger partial charge in [-0.1, -0.05) is 12.1 Å². The topological polar surface area (TPSA) is 80.0 Å². The van der Waals surface area contributed by atoms with Crippen LogP contribution in [0.4, 0.5) is 0 Å². The van der Waals surface area contributed by atoms with Gasteiger partial charge in [-0.3, -0.25) is 9.78 Å². The molecule has 2 N–H and O–H groups in total. The molecule has 1 aliphatic carbocycles. The van der Waals surface area contributed by atoms with Crippen molar-refractivity contribution >= 4 is 16.9 Å². The number of rotatable bonds is 7. The Morgan fingerprint density at radius 2 is 2.15 bits per heavy atom. The first-order valence-electron chi connectivity index (χ1n) is 9.42. The van der Waals surface area contributed by atoms with E-state index in [1.807, 2.05) is 41.8 Å². The molecule has 1 amide bonds. The zero-order valence-corrected chi connectivity index (χ0v) is 15.4. The molecule has 6 heteroatoms. The standard InChI is InChI=1S/C21H24N4O2/c1-14-8-10-22-17(12-14)21(15-6-7-15)24-20(27)9-11-25-18-5-3-2-4-16(18)23-19(25)13-26/h2-5,8,10,12,15,21,26H,6-7,9,11,13H2,1H3,(H,24,27)/t21-/m1/s1. The first-order chi connectivity index (χ1) is 13.2. The maximum atomic E-state index is 12.6. The minimum atomic E-state index is -0.145. The fraction of sp³-hybridized carbons (Fsp3) is 0.381. The maximum Gasteiger partial charge on any atom is 0.222 e. The van der Waals surface area contributed by atoms with Crippen LogP contribution in [0.15, 0.2) is 42.6 Å². The summed E-state index contributed by atoms with van der Waals surface area (Å²) < 4.78 is 1.92. The number of nitrogens with one attached hydrogen (secondary N) is 1. The van der Waals surface area contributed by atoms with E-state index in [1.165, 1.54) is 0 Å². The zero-order valence-electron chi connectivity index (χ0n) is 15.4. The van der Waals surface area contributed by atoms with Crippen molar-refractivity contribution < 1.29 is 9.90 Å². The lowest BCUT2D eigenvalue weighted by atomic mass is 10.1. The fourth-order valence-corrected chi connectivity index (χ4v) is 3.55. The molecule has 0 radical (unpaired) electrons. The Hall–Kier alpha value is -2.73. The van der Waals surface area contributed by atoms with Gasteiger partial charge >= 0.3 is 0 Å². The number of benzene rings is 1. The summed E-state index contributed by atoms with van der Waals surface area (Å²) in [6.45, 7) is 2.38. The lowest BCUT2D eigenvalue weighted by Gasteiger charge is -2.18. The molecule has 0 spiro atoms. The number of aliphatic hydroxyl groups is 1. The van der Waals surface area contributed by atoms with Gasteiger partial charge in [-0.25, -0.2) is 4.98 Å². The van der Waals surface area contributed by atoms with E-state index in [2.05, 4.69) is 21.4 Å². The van der Waals surface area contributed by atoms with Crippen LogP contribution < -0.4 is 5.32 Å². The number of hydrogen-bond acceptors (Lipinski definition) is 4. The third-order valence-corrected chi connectivity index (χ3v) is 5.10. The number of pyridine rings is 1. The van der Waals surface area contributed by atoms with Crippen LogP contribution >= 0.6 is 0 Å². The van der Waals surface area contributed by atoms with Crippen LogP contribution in [0.5, 0.6) is 0 Å². The fourth-order valence-electron chi connectivity index (χ4n) is 3.55. The van der Waals surface area contributed by atoms with Gasteiger partial charge in [-0.05, 0) is 55.5 Å². The Labute approximate surface area is 158 Å². The SMILES string of the molecule is Cc1ccnc([C@H](NC(=O)CCn2c(CO)nc3ccccc32)C2CC2)c1. The molecule has 0 bridgehead atoms. The van der Waals surface area contributed by atoms with E-state index in [0.717, 1.165) is 35.1 Å². The van der Waals surface area contributed by atoms with Gasteiger partial charge < -0.3 is 15.0 Å². The summed E-state index contributed by atoms with van der Waals surface area (Å²) >= 11 is 0. The number of carbonyl (C=O) groups excluding carboxylic acids is 1. The molecule has 1 fully saturated rings. The van der Waals surface area contributed by atoms with Crippen molar-refractivity contribution in [2.45, 2.75) is 45.4 Å². The van der Waals surface area contributed by atoms with Crippen LogP contribution in [0.1, 0.15) is 42.4 Å². The van der Waals surface area contributed by atoms with Crippen molar-refractivity contribution in [3.63, 3.8) is 0 Å². The number of aromatic nitrogens is 3. The molecular weight excluding hydrogens is 340 g/mol. The molecule has 4 rings (SSSR count). The third-order valence-electron chi connectivity index (χ3n) is 5.10. The summed E-state index contributed by atoms with van der Waals surface area (Å²) in [5.41, 5.74) is 3.86. The lowest BCUT2D eigenvalue weighted by molar-refractivity contribution is -0.122. The van der Waals surface area contributed by atoms with E-state index < -0.39 is 0 Å². The van der Waals surface area contributed by atoms with Crippen LogP contribution in [0.2, 0.25) is 0 Å². The molecule has 3 aromatic rings. The first-order valence-corrected chi connectivity index (χ1v) is 9.42. The van der Waals surface area contributed by atoms with Gasteiger partial charge in [0.25, 0.3) is 0 Å². The number of fused-ring (bicyclic) bond motifs is 1. The highest BCUT2D eigenvalue weighted by molar-refractivity contribution is 5.78. The van der Waals surface area contributed by atoms with Crippen LogP contribution in [-0.2, 0) is 17.9 Å². The summed E-state index contributed by atoms with van der Waals surface area (Å²) in [5.74, 6) is 1.06. The second-order valence-corrected chi connectivity index (χ2v) is 7.22. The van der Waals surface area contributed by atoms with Crippen molar-refractivity contribution in [2.24, 2.45) is 5.92 Å². The number of aryl methyl sites for hydroxylation is 2. The van der Waals surface area contributed by atoms with Crippen molar-refractivity contribution in [1.29, 1.82) is 0 Å². The highest BCUT2D eigenvalue weighted by atomic mass is 16.3. The van der Waals surface area contributed by atoms with Gasteiger partial charge in [0.05, 0.1) is 22.8 Å². The summed E-state index contributed by atoms with van der Waals surface area (Å²) in [7, 11) is 0. The quantitative estimate of drug-likeness (QED) is 0.676. The minimum absolute atomic E-state index is 0.00289. The van der Waals surface area contributed by atoms with Gasteiger partial charge in [0.2, 0.25) is 5.91 Å². The molecule has 1 aliphatic rings. The molecule has 0 unspecified atom stereocenters. The zero-order chi connectivity index (χ0) is 18.8. The molecule has 6 nitrogen and oxygen atoms in total. The van der Waals surface area contributed by atoms with Crippen molar-refractivity contribution in [1.82, 2.24) is 19.9 Å². The predicted octanol–water partition coefficient (Wildman–Crippen LogP) is 2.89. The van der Waals surface area contributed by atoms with E-state index in [4.69, 9.17) is 0 Å². The van der Waals surface area contributed by atoms with Gasteiger partial charge in [0, 0.05) is 19.2 Å². The molecular formula is C21H24N4O2. The molecule has 27 heavy (non-hydrogen) atoms. The Morgan fingerprint density at radius 3 is 2.89 bits per heavy atom. The Balaban J connectivity index is 1.46. The second kappa shape index (κ2) is 7.48. The van der Waals surface area contributed by atoms with Crippen LogP contribution in [0, 0.1) is 12.8 Å². The Bertz CT molecular complexity index is 962. The van der Waals surface area contributed by atoms with Crippen LogP contribution in [0.3, 0.4) is 0 Å². The number of imidazole rings is 1. The lowest BCUT2D eigenvalue weighted by Crippen LogP contribution is -2.31. The summed E-state index contributed by atoms with van der Waals surface area (Å²) in [6, 6.07) is 11.7. The van der Waals surface area contributed by atoms with E-state index in [9.17, 15) is 9.90 Å². The number of amides is 1. The van der Waals surface area contributed by atoms with Crippen molar-refractivity contribution in [2.75, 3.05) is 0 Å². The molecule has 1 aromatic carbocycles. The molecule has 0 saturated heterocycles. The van der Waals surface area contributed by atoms with E-state index >= 15 is 0 Å². The van der Waals surface area contributed by atoms with E-state index in [1.54, 1.807) is 6.20 Å². The van der Waals surface area contributed by atoms with Crippen molar-refractivity contribution in [3.8, 4) is 0 Å². The van der Waals surface area contributed by atoms with E-state index in [-0.39, 0.29) is 18.6 Å². The molecule has 1 atom stereocenters. The monoisotopic (exact) mass is 364 g/mol. The Kier molecular flexibility index (Phi) is 4.90. The van der Waals surface area contributed by atoms with Crippen LogP contribution in [0.25, 0.3) is 11.0 Å². The molecule has 2 aromatic heterocycles. The Morgan fingerprint density at radius 1 is 1.33 bits per heavy atom. The molecule has 1 saturated carbocycles. The molecule has 140 valence electrons. The summed E-state index contributed by atoms with van der Waals surface area (Å²) in [6.07, 6.45) is 4.39. The number of para-hydroxylation sites is 2. The molecule has 2 heterocycles. The first kappa shape index (κ1) is 17.7. The van der Waals surface area contributed by atoms with Gasteiger partial charge in [0.15, 0.2) is 0 Å². The highest BCUT2D eigenvalue weighted by Gasteiger charge is 2.34. The van der Waals surface area contributed by atoms with E-state index in [0.29, 0.717) is 24.7 Å². The second-order valence-electron chi connectivity index (χ2n) is 7.22. The number of nitrogens with zero attached hydrogens (tertiary/aromatic N) is 3. The largest absolute Gasteiger partial charge is 0.388 e. The number of carbonyl (C=O) groups is 1. The minimum Gasteiger partial charge on any atom is -0.388 e. The maximum absolute atomic E-state index is 12.6. The van der Waals surface area contributed by atoms with Crippen LogP contribution in [-0.4, -0.2) is 25.5 Å².